The van der Waals surface area contributed by atoms with Crippen LogP contribution in [0.3, 0.4) is 0 Å². The maximum absolute atomic E-state index is 12.3. The molecule has 2 rings (SSSR count). The van der Waals surface area contributed by atoms with Crippen molar-refractivity contribution in [1.29, 1.82) is 0 Å². The Kier molecular flexibility index (Phi) is 4.58. The largest absolute Gasteiger partial charge is 0.466 e. The molecule has 1 atom stereocenters. The average molecular weight is 282 g/mol. The van der Waals surface area contributed by atoms with Gasteiger partial charge in [0.1, 0.15) is 0 Å². The average Bonchev–Trinajstić information content (AvgIpc) is 3.00. The number of nitrogens with zero attached hydrogens (tertiary/aromatic N) is 2. The number of hydrogen-bond donors (Lipinski definition) is 0. The summed E-state index contributed by atoms with van der Waals surface area (Å²) in [5, 5.41) is 2.07. The van der Waals surface area contributed by atoms with Crippen LogP contribution in [0.1, 0.15) is 32.9 Å². The highest BCUT2D eigenvalue weighted by Crippen LogP contribution is 2.39. The third-order valence-electron chi connectivity index (χ3n) is 4.04. The van der Waals surface area contributed by atoms with Crippen molar-refractivity contribution in [2.75, 3.05) is 19.7 Å². The lowest BCUT2D eigenvalue weighted by Gasteiger charge is -2.30. The molecule has 0 aromatic carbocycles. The molecule has 1 aromatic rings. The third-order valence-corrected chi connectivity index (χ3v) is 4.67. The molecule has 0 radical (unpaired) electrons. The van der Waals surface area contributed by atoms with Gasteiger partial charge in [0.25, 0.3) is 0 Å². The second-order valence-corrected chi connectivity index (χ2v) is 6.19. The van der Waals surface area contributed by atoms with Crippen LogP contribution in [0.4, 0.5) is 0 Å². The van der Waals surface area contributed by atoms with Crippen LogP contribution in [0.2, 0.25) is 0 Å². The first-order valence-electron chi connectivity index (χ1n) is 6.85. The molecule has 1 aromatic heterocycles. The first kappa shape index (κ1) is 14.5. The van der Waals surface area contributed by atoms with Gasteiger partial charge in [0.05, 0.1) is 23.2 Å². The van der Waals surface area contributed by atoms with E-state index >= 15 is 0 Å². The molecule has 0 unspecified atom stereocenters. The highest BCUT2D eigenvalue weighted by molar-refractivity contribution is 7.07. The topological polar surface area (TPSA) is 42.4 Å². The number of aromatic nitrogens is 1. The lowest BCUT2D eigenvalue weighted by molar-refractivity contribution is -0.157. The van der Waals surface area contributed by atoms with Crippen LogP contribution in [0.5, 0.6) is 0 Å². The molecule has 0 bridgehead atoms. The number of ether oxygens (including phenoxy) is 1. The fourth-order valence-corrected chi connectivity index (χ4v) is 3.29. The van der Waals surface area contributed by atoms with Gasteiger partial charge in [-0.3, -0.25) is 9.69 Å². The maximum Gasteiger partial charge on any atom is 0.313 e. The van der Waals surface area contributed by atoms with Gasteiger partial charge in [-0.25, -0.2) is 4.98 Å². The molecule has 5 heteroatoms. The van der Waals surface area contributed by atoms with Crippen LogP contribution in [-0.2, 0) is 16.1 Å². The summed E-state index contributed by atoms with van der Waals surface area (Å²) >= 11 is 1.61. The van der Waals surface area contributed by atoms with E-state index in [1.807, 2.05) is 12.4 Å². The molecule has 0 spiro atoms. The van der Waals surface area contributed by atoms with Crippen LogP contribution < -0.4 is 0 Å². The van der Waals surface area contributed by atoms with Gasteiger partial charge in [0.2, 0.25) is 0 Å². The molecule has 0 amide bonds. The summed E-state index contributed by atoms with van der Waals surface area (Å²) in [4.78, 5) is 18.9. The molecule has 2 heterocycles. The Labute approximate surface area is 118 Å². The predicted octanol–water partition coefficient (Wildman–Crippen LogP) is 2.55. The quantitative estimate of drug-likeness (QED) is 0.778. The molecule has 0 N–H and O–H groups in total. The fourth-order valence-electron chi connectivity index (χ4n) is 2.74. The number of hydrogen-bond acceptors (Lipinski definition) is 5. The molecule has 106 valence electrons. The monoisotopic (exact) mass is 282 g/mol. The van der Waals surface area contributed by atoms with Crippen LogP contribution in [0.15, 0.2) is 10.9 Å². The highest BCUT2D eigenvalue weighted by atomic mass is 32.1. The number of carbonyl (C=O) groups excluding carboxylic acids is 1. The summed E-state index contributed by atoms with van der Waals surface area (Å²) in [7, 11) is 0. The van der Waals surface area contributed by atoms with Crippen molar-refractivity contribution in [3.63, 3.8) is 0 Å². The predicted molar refractivity (Wildman–Crippen MR) is 75.9 cm³/mol. The van der Waals surface area contributed by atoms with Gasteiger partial charge in [-0.2, -0.15) is 0 Å². The van der Waals surface area contributed by atoms with Gasteiger partial charge in [0.15, 0.2) is 0 Å². The summed E-state index contributed by atoms with van der Waals surface area (Å²) in [6.45, 7) is 9.10. The molecule has 0 saturated carbocycles. The second-order valence-electron chi connectivity index (χ2n) is 5.47. The molecule has 1 aliphatic heterocycles. The molecule has 1 aliphatic rings. The van der Waals surface area contributed by atoms with Crippen molar-refractivity contribution in [2.45, 2.75) is 33.7 Å². The van der Waals surface area contributed by atoms with Crippen molar-refractivity contribution in [1.82, 2.24) is 9.88 Å². The van der Waals surface area contributed by atoms with E-state index in [0.717, 1.165) is 31.7 Å². The lowest BCUT2D eigenvalue weighted by atomic mass is 9.76. The summed E-state index contributed by atoms with van der Waals surface area (Å²) in [5.41, 5.74) is 2.60. The normalized spacial score (nSPS) is 24.0. The van der Waals surface area contributed by atoms with Gasteiger partial charge in [-0.1, -0.05) is 13.8 Å². The van der Waals surface area contributed by atoms with E-state index < -0.39 is 0 Å². The summed E-state index contributed by atoms with van der Waals surface area (Å²) in [5.74, 6) is 0.262. The van der Waals surface area contributed by atoms with Crippen molar-refractivity contribution < 1.29 is 9.53 Å². The Morgan fingerprint density at radius 3 is 3.00 bits per heavy atom. The SMILES string of the molecule is CCOC(=O)[C@@]1(C(C)C)CCN(Cc2cscn2)C1. The Balaban J connectivity index is 2.05. The van der Waals surface area contributed by atoms with Crippen molar-refractivity contribution in [3.05, 3.63) is 16.6 Å². The molecule has 1 fully saturated rings. The number of carbonyl (C=O) groups is 1. The Bertz CT molecular complexity index is 419. The number of likely N-dealkylation sites (tertiary alicyclic amines) is 1. The first-order valence-corrected chi connectivity index (χ1v) is 7.79. The van der Waals surface area contributed by atoms with E-state index in [4.69, 9.17) is 4.74 Å². The Morgan fingerprint density at radius 2 is 2.42 bits per heavy atom. The van der Waals surface area contributed by atoms with E-state index in [0.29, 0.717) is 12.5 Å². The zero-order chi connectivity index (χ0) is 13.9. The fraction of sp³-hybridized carbons (Fsp3) is 0.714. The number of esters is 1. The molecule has 4 nitrogen and oxygen atoms in total. The van der Waals surface area contributed by atoms with E-state index in [9.17, 15) is 4.79 Å². The molecule has 0 aliphatic carbocycles. The third kappa shape index (κ3) is 2.98. The molecular formula is C14H22N2O2S. The van der Waals surface area contributed by atoms with Crippen LogP contribution in [0.25, 0.3) is 0 Å². The smallest absolute Gasteiger partial charge is 0.313 e. The summed E-state index contributed by atoms with van der Waals surface area (Å²) in [6.07, 6.45) is 0.883. The van der Waals surface area contributed by atoms with Gasteiger partial charge in [-0.15, -0.1) is 11.3 Å². The van der Waals surface area contributed by atoms with E-state index in [2.05, 4.69) is 29.1 Å². The Morgan fingerprint density at radius 1 is 1.63 bits per heavy atom. The van der Waals surface area contributed by atoms with Crippen molar-refractivity contribution >= 4 is 17.3 Å². The van der Waals surface area contributed by atoms with Gasteiger partial charge in [0, 0.05) is 18.5 Å². The molecule has 19 heavy (non-hydrogen) atoms. The van der Waals surface area contributed by atoms with E-state index in [1.165, 1.54) is 0 Å². The first-order chi connectivity index (χ1) is 9.08. The van der Waals surface area contributed by atoms with E-state index in [1.54, 1.807) is 11.3 Å². The summed E-state index contributed by atoms with van der Waals surface area (Å²) in [6, 6.07) is 0. The maximum atomic E-state index is 12.3. The minimum absolute atomic E-state index is 0.0363. The second kappa shape index (κ2) is 6.01. The lowest BCUT2D eigenvalue weighted by Crippen LogP contribution is -2.40. The number of thiazole rings is 1. The standard InChI is InChI=1S/C14H22N2O2S/c1-4-18-13(17)14(11(2)3)5-6-16(9-14)7-12-8-19-10-15-12/h8,10-11H,4-7,9H2,1-3H3/t14-/m0/s1. The van der Waals surface area contributed by atoms with Crippen molar-refractivity contribution in [3.8, 4) is 0 Å². The number of rotatable bonds is 5. The van der Waals surface area contributed by atoms with Crippen LogP contribution >= 0.6 is 11.3 Å². The van der Waals surface area contributed by atoms with Gasteiger partial charge >= 0.3 is 5.97 Å². The van der Waals surface area contributed by atoms with Gasteiger partial charge in [-0.05, 0) is 25.8 Å². The zero-order valence-corrected chi connectivity index (χ0v) is 12.7. The zero-order valence-electron chi connectivity index (χ0n) is 11.9. The molecule has 1 saturated heterocycles. The minimum atomic E-state index is -0.341. The Hall–Kier alpha value is -0.940. The van der Waals surface area contributed by atoms with E-state index in [-0.39, 0.29) is 11.4 Å². The van der Waals surface area contributed by atoms with Crippen molar-refractivity contribution in [2.24, 2.45) is 11.3 Å². The molecular weight excluding hydrogens is 260 g/mol. The van der Waals surface area contributed by atoms with Crippen LogP contribution in [-0.4, -0.2) is 35.5 Å². The minimum Gasteiger partial charge on any atom is -0.466 e. The summed E-state index contributed by atoms with van der Waals surface area (Å²) < 4.78 is 5.29. The van der Waals surface area contributed by atoms with Gasteiger partial charge < -0.3 is 4.74 Å². The highest BCUT2D eigenvalue weighted by Gasteiger charge is 2.48. The van der Waals surface area contributed by atoms with Crippen LogP contribution in [0, 0.1) is 11.3 Å².